The van der Waals surface area contributed by atoms with Gasteiger partial charge in [0.15, 0.2) is 5.79 Å². The Morgan fingerprint density at radius 1 is 1.27 bits per heavy atom. The molecule has 5 nitrogen and oxygen atoms in total. The van der Waals surface area contributed by atoms with Crippen LogP contribution in [-0.4, -0.2) is 49.6 Å². The van der Waals surface area contributed by atoms with Gasteiger partial charge in [-0.05, 0) is 44.4 Å². The molecule has 126 valence electrons. The van der Waals surface area contributed by atoms with Crippen molar-refractivity contribution in [1.29, 1.82) is 0 Å². The van der Waals surface area contributed by atoms with Crippen LogP contribution in [0.4, 0.5) is 4.79 Å². The highest BCUT2D eigenvalue weighted by Gasteiger charge is 2.43. The van der Waals surface area contributed by atoms with Crippen molar-refractivity contribution in [1.82, 2.24) is 10.2 Å². The number of hydrogen-bond donors (Lipinski definition) is 1. The third-order valence-corrected chi connectivity index (χ3v) is 6.09. The van der Waals surface area contributed by atoms with Crippen molar-refractivity contribution in [3.05, 3.63) is 0 Å². The maximum absolute atomic E-state index is 12.5. The molecule has 5 heteroatoms. The molecule has 1 N–H and O–H groups in total. The number of likely N-dealkylation sites (tertiary alicyclic amines) is 1. The number of rotatable bonds is 4. The molecule has 0 aromatic rings. The van der Waals surface area contributed by atoms with E-state index in [1.54, 1.807) is 0 Å². The van der Waals surface area contributed by atoms with Gasteiger partial charge in [-0.15, -0.1) is 0 Å². The van der Waals surface area contributed by atoms with Gasteiger partial charge in [0.05, 0.1) is 13.2 Å². The molecule has 0 spiro atoms. The Morgan fingerprint density at radius 3 is 2.59 bits per heavy atom. The van der Waals surface area contributed by atoms with Crippen molar-refractivity contribution in [2.45, 2.75) is 58.2 Å². The van der Waals surface area contributed by atoms with Crippen LogP contribution in [0, 0.1) is 11.3 Å². The van der Waals surface area contributed by atoms with Gasteiger partial charge in [-0.2, -0.15) is 0 Å². The van der Waals surface area contributed by atoms with E-state index in [0.29, 0.717) is 18.6 Å². The Bertz CT molecular complexity index is 397. The minimum atomic E-state index is -0.502. The first-order valence-electron chi connectivity index (χ1n) is 8.88. The molecule has 1 aliphatic carbocycles. The predicted octanol–water partition coefficient (Wildman–Crippen LogP) is 2.75. The average Bonchev–Trinajstić information content (AvgIpc) is 2.95. The van der Waals surface area contributed by atoms with Gasteiger partial charge in [-0.1, -0.05) is 13.3 Å². The van der Waals surface area contributed by atoms with E-state index in [9.17, 15) is 4.79 Å². The zero-order chi connectivity index (χ0) is 15.6. The van der Waals surface area contributed by atoms with Crippen LogP contribution in [0.5, 0.6) is 0 Å². The quantitative estimate of drug-likeness (QED) is 0.868. The lowest BCUT2D eigenvalue weighted by molar-refractivity contribution is -0.189. The van der Waals surface area contributed by atoms with Gasteiger partial charge in [0.1, 0.15) is 0 Å². The van der Waals surface area contributed by atoms with Crippen LogP contribution in [0.25, 0.3) is 0 Å². The molecular formula is C17H30N2O3. The van der Waals surface area contributed by atoms with Crippen molar-refractivity contribution in [2.24, 2.45) is 11.3 Å². The van der Waals surface area contributed by atoms with Crippen LogP contribution >= 0.6 is 0 Å². The highest BCUT2D eigenvalue weighted by atomic mass is 16.7. The zero-order valence-corrected chi connectivity index (χ0v) is 14.0. The molecule has 2 aliphatic heterocycles. The van der Waals surface area contributed by atoms with Gasteiger partial charge >= 0.3 is 6.03 Å². The van der Waals surface area contributed by atoms with Gasteiger partial charge in [0, 0.05) is 25.6 Å². The largest absolute Gasteiger partial charge is 0.347 e. The maximum atomic E-state index is 12.5. The number of piperidine rings is 1. The normalized spacial score (nSPS) is 29.9. The summed E-state index contributed by atoms with van der Waals surface area (Å²) in [7, 11) is 0. The number of carbonyl (C=O) groups excluding carboxylic acids is 1. The summed E-state index contributed by atoms with van der Waals surface area (Å²) in [6.45, 7) is 7.99. The SMILES string of the molecule is CCC1(CNC(=O)N2CCC[C@@H](C3(C)OCCO3)C2)CCC1. The molecule has 22 heavy (non-hydrogen) atoms. The van der Waals surface area contributed by atoms with E-state index in [1.165, 1.54) is 19.3 Å². The molecule has 0 unspecified atom stereocenters. The third-order valence-electron chi connectivity index (χ3n) is 6.09. The summed E-state index contributed by atoms with van der Waals surface area (Å²) < 4.78 is 11.6. The molecule has 0 aromatic heterocycles. The monoisotopic (exact) mass is 310 g/mol. The predicted molar refractivity (Wildman–Crippen MR) is 84.6 cm³/mol. The Hall–Kier alpha value is -0.810. The van der Waals surface area contributed by atoms with Crippen LogP contribution in [0.3, 0.4) is 0 Å². The zero-order valence-electron chi connectivity index (χ0n) is 14.0. The highest BCUT2D eigenvalue weighted by molar-refractivity contribution is 5.74. The first kappa shape index (κ1) is 16.1. The summed E-state index contributed by atoms with van der Waals surface area (Å²) in [5.41, 5.74) is 0.370. The van der Waals surface area contributed by atoms with Crippen LogP contribution in [-0.2, 0) is 9.47 Å². The number of nitrogens with one attached hydrogen (secondary N) is 1. The second kappa shape index (κ2) is 6.36. The molecule has 0 radical (unpaired) electrons. The minimum absolute atomic E-state index is 0.0889. The minimum Gasteiger partial charge on any atom is -0.347 e. The summed E-state index contributed by atoms with van der Waals surface area (Å²) >= 11 is 0. The molecule has 3 rings (SSSR count). The fraction of sp³-hybridized carbons (Fsp3) is 0.941. The van der Waals surface area contributed by atoms with Crippen LogP contribution in [0.1, 0.15) is 52.4 Å². The maximum Gasteiger partial charge on any atom is 0.317 e. The van der Waals surface area contributed by atoms with Crippen LogP contribution < -0.4 is 5.32 Å². The van der Waals surface area contributed by atoms with Gasteiger partial charge < -0.3 is 19.7 Å². The first-order chi connectivity index (χ1) is 10.6. The molecule has 0 bridgehead atoms. The number of carbonyl (C=O) groups is 1. The van der Waals surface area contributed by atoms with Crippen molar-refractivity contribution in [2.75, 3.05) is 32.8 Å². The third kappa shape index (κ3) is 3.11. The summed E-state index contributed by atoms with van der Waals surface area (Å²) in [4.78, 5) is 14.4. The lowest BCUT2D eigenvalue weighted by atomic mass is 9.67. The van der Waals surface area contributed by atoms with Gasteiger partial charge in [0.25, 0.3) is 0 Å². The van der Waals surface area contributed by atoms with Gasteiger partial charge in [-0.25, -0.2) is 4.79 Å². The Labute approximate surface area is 133 Å². The summed E-state index contributed by atoms with van der Waals surface area (Å²) in [5, 5.41) is 3.18. The molecular weight excluding hydrogens is 280 g/mol. The lowest BCUT2D eigenvalue weighted by Crippen LogP contribution is -2.53. The molecule has 2 amide bonds. The van der Waals surface area contributed by atoms with E-state index >= 15 is 0 Å². The summed E-state index contributed by atoms with van der Waals surface area (Å²) in [6, 6.07) is 0.0889. The molecule has 1 atom stereocenters. The first-order valence-corrected chi connectivity index (χ1v) is 8.88. The number of nitrogens with zero attached hydrogens (tertiary/aromatic N) is 1. The fourth-order valence-corrected chi connectivity index (χ4v) is 4.06. The fourth-order valence-electron chi connectivity index (χ4n) is 4.06. The van der Waals surface area contributed by atoms with Crippen molar-refractivity contribution < 1.29 is 14.3 Å². The van der Waals surface area contributed by atoms with E-state index in [2.05, 4.69) is 12.2 Å². The molecule has 2 heterocycles. The van der Waals surface area contributed by atoms with Crippen LogP contribution in [0.15, 0.2) is 0 Å². The number of ether oxygens (including phenoxy) is 2. The second-order valence-electron chi connectivity index (χ2n) is 7.36. The van der Waals surface area contributed by atoms with E-state index in [0.717, 1.165) is 38.9 Å². The Balaban J connectivity index is 1.52. The Morgan fingerprint density at radius 2 is 2.00 bits per heavy atom. The molecule has 3 fully saturated rings. The average molecular weight is 310 g/mol. The molecule has 0 aromatic carbocycles. The van der Waals surface area contributed by atoms with Crippen LogP contribution in [0.2, 0.25) is 0 Å². The van der Waals surface area contributed by atoms with Gasteiger partial charge in [0.2, 0.25) is 0 Å². The standard InChI is InChI=1S/C17H30N2O3/c1-3-17(7-5-8-17)13-18-15(20)19-9-4-6-14(12-19)16(2)21-10-11-22-16/h14H,3-13H2,1-2H3,(H,18,20)/t14-/m1/s1. The number of amides is 2. The van der Waals surface area contributed by atoms with E-state index in [4.69, 9.17) is 9.47 Å². The lowest BCUT2D eigenvalue weighted by Gasteiger charge is -2.43. The summed E-state index contributed by atoms with van der Waals surface area (Å²) in [6.07, 6.45) is 7.08. The molecule has 1 saturated carbocycles. The Kier molecular flexibility index (Phi) is 4.64. The topological polar surface area (TPSA) is 50.8 Å². The van der Waals surface area contributed by atoms with E-state index < -0.39 is 5.79 Å². The molecule has 3 aliphatic rings. The van der Waals surface area contributed by atoms with Gasteiger partial charge in [-0.3, -0.25) is 0 Å². The van der Waals surface area contributed by atoms with Crippen molar-refractivity contribution in [3.63, 3.8) is 0 Å². The number of urea groups is 1. The number of hydrogen-bond acceptors (Lipinski definition) is 3. The summed E-state index contributed by atoms with van der Waals surface area (Å²) in [5.74, 6) is -0.226. The van der Waals surface area contributed by atoms with E-state index in [-0.39, 0.29) is 11.9 Å². The van der Waals surface area contributed by atoms with Crippen molar-refractivity contribution in [3.8, 4) is 0 Å². The smallest absolute Gasteiger partial charge is 0.317 e. The second-order valence-corrected chi connectivity index (χ2v) is 7.36. The van der Waals surface area contributed by atoms with Crippen molar-refractivity contribution >= 4 is 6.03 Å². The highest BCUT2D eigenvalue weighted by Crippen LogP contribution is 2.43. The molecule has 2 saturated heterocycles. The van der Waals surface area contributed by atoms with E-state index in [1.807, 2.05) is 11.8 Å².